The van der Waals surface area contributed by atoms with Crippen molar-refractivity contribution in [1.82, 2.24) is 20.1 Å². The number of rotatable bonds is 4. The molecule has 1 aromatic heterocycles. The van der Waals surface area contributed by atoms with Crippen LogP contribution < -0.4 is 11.1 Å². The van der Waals surface area contributed by atoms with Crippen LogP contribution in [0.25, 0.3) is 10.9 Å². The average Bonchev–Trinajstić information content (AvgIpc) is 3.40. The van der Waals surface area contributed by atoms with Gasteiger partial charge in [0.05, 0.1) is 13.1 Å². The molecule has 0 radical (unpaired) electrons. The van der Waals surface area contributed by atoms with Crippen molar-refractivity contribution in [3.8, 4) is 0 Å². The van der Waals surface area contributed by atoms with Crippen LogP contribution in [0.15, 0.2) is 60.8 Å². The zero-order valence-electron chi connectivity index (χ0n) is 18.3. The number of carbonyl (C=O) groups is 3. The number of aromatic nitrogens is 1. The molecule has 170 valence electrons. The molecule has 3 amide bonds. The lowest BCUT2D eigenvalue weighted by atomic mass is 9.85. The minimum atomic E-state index is -0.920. The van der Waals surface area contributed by atoms with Crippen LogP contribution in [0.4, 0.5) is 0 Å². The number of para-hydroxylation sites is 1. The van der Waals surface area contributed by atoms with Gasteiger partial charge >= 0.3 is 0 Å². The van der Waals surface area contributed by atoms with Crippen LogP contribution in [-0.4, -0.2) is 57.8 Å². The van der Waals surface area contributed by atoms with E-state index in [0.717, 1.165) is 22.0 Å². The molecule has 2 saturated heterocycles. The molecule has 2 aromatic carbocycles. The summed E-state index contributed by atoms with van der Waals surface area (Å²) in [5.41, 5.74) is 7.93. The minimum absolute atomic E-state index is 0.0983. The van der Waals surface area contributed by atoms with Crippen molar-refractivity contribution in [2.24, 2.45) is 5.73 Å². The lowest BCUT2D eigenvalue weighted by molar-refractivity contribution is -0.146. The maximum absolute atomic E-state index is 13.3. The summed E-state index contributed by atoms with van der Waals surface area (Å²) in [5.74, 6) is -0.403. The number of piperidine rings is 1. The Balaban J connectivity index is 1.29. The molecule has 2 aliphatic rings. The monoisotopic (exact) mass is 445 g/mol. The lowest BCUT2D eigenvalue weighted by Gasteiger charge is -2.42. The first kappa shape index (κ1) is 21.2. The molecule has 8 heteroatoms. The van der Waals surface area contributed by atoms with E-state index in [1.807, 2.05) is 60.8 Å². The van der Waals surface area contributed by atoms with Gasteiger partial charge < -0.3 is 25.8 Å². The molecule has 1 spiro atoms. The number of likely N-dealkylation sites (tertiary alicyclic amines) is 1. The van der Waals surface area contributed by atoms with Gasteiger partial charge in [0, 0.05) is 30.2 Å². The third kappa shape index (κ3) is 3.66. The van der Waals surface area contributed by atoms with Crippen LogP contribution in [0.1, 0.15) is 30.0 Å². The second-order valence-electron chi connectivity index (χ2n) is 8.77. The van der Waals surface area contributed by atoms with Crippen molar-refractivity contribution in [2.45, 2.75) is 30.8 Å². The van der Waals surface area contributed by atoms with Gasteiger partial charge in [-0.25, -0.2) is 0 Å². The fourth-order valence-corrected chi connectivity index (χ4v) is 5.05. The number of nitrogens with one attached hydrogen (secondary N) is 2. The lowest BCUT2D eigenvalue weighted by Crippen LogP contribution is -2.59. The average molecular weight is 446 g/mol. The number of hydrogen-bond donors (Lipinski definition) is 3. The molecule has 0 saturated carbocycles. The largest absolute Gasteiger partial charge is 0.361 e. The maximum Gasteiger partial charge on any atom is 0.247 e. The first-order valence-corrected chi connectivity index (χ1v) is 11.2. The predicted molar refractivity (Wildman–Crippen MR) is 124 cm³/mol. The fraction of sp³-hybridized carbons (Fsp3) is 0.320. The smallest absolute Gasteiger partial charge is 0.247 e. The van der Waals surface area contributed by atoms with Gasteiger partial charge in [0.15, 0.2) is 0 Å². The Hall–Kier alpha value is -3.65. The van der Waals surface area contributed by atoms with E-state index < -0.39 is 11.6 Å². The quantitative estimate of drug-likeness (QED) is 0.567. The van der Waals surface area contributed by atoms with Crippen molar-refractivity contribution in [3.63, 3.8) is 0 Å². The summed E-state index contributed by atoms with van der Waals surface area (Å²) >= 11 is 0. The van der Waals surface area contributed by atoms with E-state index >= 15 is 0 Å². The summed E-state index contributed by atoms with van der Waals surface area (Å²) in [4.78, 5) is 45.7. The molecule has 0 aliphatic carbocycles. The summed E-state index contributed by atoms with van der Waals surface area (Å²) < 4.78 is 0. The third-order valence-corrected chi connectivity index (χ3v) is 6.98. The van der Waals surface area contributed by atoms with Gasteiger partial charge in [-0.15, -0.1) is 0 Å². The summed E-state index contributed by atoms with van der Waals surface area (Å²) in [7, 11) is 0. The van der Waals surface area contributed by atoms with Gasteiger partial charge in [-0.1, -0.05) is 48.5 Å². The first-order valence-electron chi connectivity index (χ1n) is 11.2. The Kier molecular flexibility index (Phi) is 5.38. The molecule has 5 rings (SSSR count). The number of amides is 3. The summed E-state index contributed by atoms with van der Waals surface area (Å²) in [6.07, 6.45) is 2.85. The number of hydrogen-bond acceptors (Lipinski definition) is 4. The second-order valence-corrected chi connectivity index (χ2v) is 8.77. The summed E-state index contributed by atoms with van der Waals surface area (Å²) in [6, 6.07) is 16.4. The normalized spacial score (nSPS) is 18.5. The third-order valence-electron chi connectivity index (χ3n) is 6.98. The van der Waals surface area contributed by atoms with Crippen LogP contribution in [-0.2, 0) is 20.8 Å². The molecular formula is C25H27N5O3. The zero-order chi connectivity index (χ0) is 23.0. The molecular weight excluding hydrogens is 418 g/mol. The van der Waals surface area contributed by atoms with Crippen LogP contribution in [0.5, 0.6) is 0 Å². The van der Waals surface area contributed by atoms with Gasteiger partial charge in [-0.2, -0.15) is 0 Å². The second kappa shape index (κ2) is 8.37. The Morgan fingerprint density at radius 2 is 1.73 bits per heavy atom. The van der Waals surface area contributed by atoms with E-state index in [2.05, 4.69) is 10.3 Å². The zero-order valence-corrected chi connectivity index (χ0v) is 18.3. The van der Waals surface area contributed by atoms with Crippen molar-refractivity contribution < 1.29 is 14.4 Å². The number of benzene rings is 2. The molecule has 2 aliphatic heterocycles. The molecule has 0 bridgehead atoms. The van der Waals surface area contributed by atoms with Gasteiger partial charge in [-0.3, -0.25) is 14.4 Å². The Bertz CT molecular complexity index is 1200. The number of nitrogens with two attached hydrogens (primary N) is 1. The van der Waals surface area contributed by atoms with E-state index in [1.54, 1.807) is 9.80 Å². The molecule has 2 fully saturated rings. The molecule has 1 atom stereocenters. The van der Waals surface area contributed by atoms with E-state index in [4.69, 9.17) is 5.73 Å². The highest BCUT2D eigenvalue weighted by Gasteiger charge is 2.52. The molecule has 33 heavy (non-hydrogen) atoms. The Morgan fingerprint density at radius 1 is 1.03 bits per heavy atom. The van der Waals surface area contributed by atoms with Gasteiger partial charge in [-0.05, 0) is 30.0 Å². The van der Waals surface area contributed by atoms with Gasteiger partial charge in [0.2, 0.25) is 17.7 Å². The van der Waals surface area contributed by atoms with Crippen LogP contribution in [0, 0.1) is 0 Å². The molecule has 3 aromatic rings. The first-order chi connectivity index (χ1) is 16.0. The molecule has 0 unspecified atom stereocenters. The number of aromatic amines is 1. The van der Waals surface area contributed by atoms with Crippen LogP contribution in [0.3, 0.4) is 0 Å². The Labute approximate surface area is 191 Å². The topological polar surface area (TPSA) is 112 Å². The van der Waals surface area contributed by atoms with E-state index in [0.29, 0.717) is 25.9 Å². The number of fused-ring (bicyclic) bond motifs is 1. The number of carbonyl (C=O) groups excluding carboxylic acids is 3. The maximum atomic E-state index is 13.3. The highest BCUT2D eigenvalue weighted by molar-refractivity contribution is 5.96. The van der Waals surface area contributed by atoms with E-state index in [1.165, 1.54) is 0 Å². The van der Waals surface area contributed by atoms with E-state index in [-0.39, 0.29) is 30.8 Å². The predicted octanol–water partition coefficient (Wildman–Crippen LogP) is 1.69. The van der Waals surface area contributed by atoms with Crippen molar-refractivity contribution in [3.05, 3.63) is 71.9 Å². The van der Waals surface area contributed by atoms with Crippen molar-refractivity contribution in [1.29, 1.82) is 0 Å². The summed E-state index contributed by atoms with van der Waals surface area (Å²) in [6.45, 7) is 0.949. The minimum Gasteiger partial charge on any atom is -0.361 e. The fourth-order valence-electron chi connectivity index (χ4n) is 5.05. The summed E-state index contributed by atoms with van der Waals surface area (Å²) in [5, 5.41) is 3.86. The highest BCUT2D eigenvalue weighted by atomic mass is 16.2. The number of H-pyrrole nitrogens is 1. The molecule has 4 N–H and O–H groups in total. The van der Waals surface area contributed by atoms with Gasteiger partial charge in [0.25, 0.3) is 0 Å². The van der Waals surface area contributed by atoms with Gasteiger partial charge in [0.1, 0.15) is 11.6 Å². The van der Waals surface area contributed by atoms with Crippen molar-refractivity contribution >= 4 is 28.6 Å². The number of nitrogens with zero attached hydrogens (tertiary/aromatic N) is 2. The van der Waals surface area contributed by atoms with Crippen LogP contribution in [0.2, 0.25) is 0 Å². The van der Waals surface area contributed by atoms with E-state index in [9.17, 15) is 14.4 Å². The Morgan fingerprint density at radius 3 is 2.48 bits per heavy atom. The molecule has 3 heterocycles. The standard InChI is InChI=1S/C25H27N5O3/c26-22(17-6-2-1-3-7-17)23(32)29-12-10-25(11-13-29)24(33)28-16-30(25)21(31)14-18-15-27-20-9-5-4-8-19(18)20/h1-9,15,22,27H,10-14,16,26H2,(H,28,33)/t22-/m0/s1. The molecule has 8 nitrogen and oxygen atoms in total. The SMILES string of the molecule is N[C@H](C(=O)N1CCC2(CC1)C(=O)NCN2C(=O)Cc1c[nH]c2ccccc12)c1ccccc1. The highest BCUT2D eigenvalue weighted by Crippen LogP contribution is 2.34. The van der Waals surface area contributed by atoms with Crippen LogP contribution >= 0.6 is 0 Å². The van der Waals surface area contributed by atoms with Crippen molar-refractivity contribution in [2.75, 3.05) is 19.8 Å².